The molecule has 0 fully saturated rings. The quantitative estimate of drug-likeness (QED) is 0.577. The Morgan fingerprint density at radius 1 is 0.941 bits per heavy atom. The van der Waals surface area contributed by atoms with E-state index >= 15 is 0 Å². The molecule has 1 rings (SSSR count). The summed E-state index contributed by atoms with van der Waals surface area (Å²) >= 11 is 0. The molecule has 0 heterocycles. The highest BCUT2D eigenvalue weighted by Crippen LogP contribution is 2.28. The lowest BCUT2D eigenvalue weighted by Gasteiger charge is -2.19. The highest BCUT2D eigenvalue weighted by Gasteiger charge is 2.11. The summed E-state index contributed by atoms with van der Waals surface area (Å²) < 4.78 is 0. The lowest BCUT2D eigenvalue weighted by atomic mass is 9.87. The van der Waals surface area contributed by atoms with Crippen molar-refractivity contribution in [3.63, 3.8) is 0 Å². The molecular formula is C17H24. The van der Waals surface area contributed by atoms with Gasteiger partial charge < -0.3 is 0 Å². The van der Waals surface area contributed by atoms with Crippen LogP contribution in [0.5, 0.6) is 0 Å². The molecular weight excluding hydrogens is 204 g/mol. The van der Waals surface area contributed by atoms with E-state index in [0.29, 0.717) is 11.8 Å². The van der Waals surface area contributed by atoms with Crippen molar-refractivity contribution in [2.45, 2.75) is 34.6 Å². The lowest BCUT2D eigenvalue weighted by Crippen LogP contribution is -2.03. The second kappa shape index (κ2) is 5.86. The molecule has 2 atom stereocenters. The minimum absolute atomic E-state index is 0.424. The number of rotatable bonds is 1. The van der Waals surface area contributed by atoms with Gasteiger partial charge in [0.15, 0.2) is 0 Å². The van der Waals surface area contributed by atoms with Crippen molar-refractivity contribution in [1.29, 1.82) is 0 Å². The van der Waals surface area contributed by atoms with Gasteiger partial charge in [0.25, 0.3) is 0 Å². The fraction of sp³-hybridized carbons (Fsp3) is 0.412. The van der Waals surface area contributed by atoms with Crippen molar-refractivity contribution < 1.29 is 0 Å². The molecule has 92 valence electrons. The van der Waals surface area contributed by atoms with Crippen molar-refractivity contribution in [1.82, 2.24) is 0 Å². The van der Waals surface area contributed by atoms with Crippen LogP contribution in [0.4, 0.5) is 0 Å². The van der Waals surface area contributed by atoms with Gasteiger partial charge in [0.1, 0.15) is 0 Å². The van der Waals surface area contributed by atoms with E-state index in [4.69, 9.17) is 0 Å². The maximum Gasteiger partial charge on any atom is -0.000482 e. The van der Waals surface area contributed by atoms with Crippen LogP contribution < -0.4 is 0 Å². The van der Waals surface area contributed by atoms with Gasteiger partial charge in [-0.2, -0.15) is 0 Å². The Hall–Kier alpha value is -1.30. The maximum atomic E-state index is 3.96. The summed E-state index contributed by atoms with van der Waals surface area (Å²) in [4.78, 5) is 0. The van der Waals surface area contributed by atoms with Gasteiger partial charge in [0.2, 0.25) is 0 Å². The van der Waals surface area contributed by atoms with Gasteiger partial charge in [-0.15, -0.1) is 0 Å². The van der Waals surface area contributed by atoms with E-state index in [1.165, 1.54) is 22.3 Å². The van der Waals surface area contributed by atoms with Crippen LogP contribution >= 0.6 is 0 Å². The Morgan fingerprint density at radius 2 is 1.47 bits per heavy atom. The minimum Gasteiger partial charge on any atom is -0.0988 e. The molecule has 0 N–H and O–H groups in total. The van der Waals surface area contributed by atoms with Gasteiger partial charge in [-0.05, 0) is 49.3 Å². The van der Waals surface area contributed by atoms with E-state index in [1.807, 2.05) is 6.08 Å². The fourth-order valence-corrected chi connectivity index (χ4v) is 2.24. The molecule has 0 aromatic heterocycles. The minimum atomic E-state index is 0.424. The first-order chi connectivity index (χ1) is 7.99. The zero-order valence-corrected chi connectivity index (χ0v) is 11.7. The molecule has 0 aromatic rings. The first-order valence-electron chi connectivity index (χ1n) is 6.35. The van der Waals surface area contributed by atoms with E-state index < -0.39 is 0 Å². The Balaban J connectivity index is 3.39. The van der Waals surface area contributed by atoms with Crippen molar-refractivity contribution in [2.75, 3.05) is 0 Å². The maximum absolute atomic E-state index is 3.96. The average molecular weight is 228 g/mol. The molecule has 0 amide bonds. The third-order valence-corrected chi connectivity index (χ3v) is 3.89. The molecule has 0 aromatic carbocycles. The van der Waals surface area contributed by atoms with Crippen LogP contribution in [0.3, 0.4) is 0 Å². The molecule has 0 spiro atoms. The first kappa shape index (κ1) is 13.8. The summed E-state index contributed by atoms with van der Waals surface area (Å²) in [5, 5.41) is 0. The zero-order valence-electron chi connectivity index (χ0n) is 11.7. The summed E-state index contributed by atoms with van der Waals surface area (Å²) in [6, 6.07) is 0. The van der Waals surface area contributed by atoms with Gasteiger partial charge in [-0.1, -0.05) is 56.4 Å². The van der Waals surface area contributed by atoms with Crippen molar-refractivity contribution >= 4 is 0 Å². The summed E-state index contributed by atoms with van der Waals surface area (Å²) in [5.74, 6) is 0.919. The van der Waals surface area contributed by atoms with E-state index in [-0.39, 0.29) is 0 Å². The molecule has 0 aliphatic heterocycles. The summed E-state index contributed by atoms with van der Waals surface area (Å²) in [6.45, 7) is 15.1. The fourth-order valence-electron chi connectivity index (χ4n) is 2.24. The number of hydrogen-bond donors (Lipinski definition) is 0. The van der Waals surface area contributed by atoms with Crippen molar-refractivity contribution in [3.8, 4) is 0 Å². The molecule has 1 aliphatic rings. The normalized spacial score (nSPS) is 38.6. The van der Waals surface area contributed by atoms with E-state index in [1.54, 1.807) is 0 Å². The van der Waals surface area contributed by atoms with E-state index in [0.717, 1.165) is 0 Å². The second-order valence-corrected chi connectivity index (χ2v) is 4.94. The third kappa shape index (κ3) is 3.09. The molecule has 0 bridgehead atoms. The largest absolute Gasteiger partial charge is 0.0988 e. The molecule has 17 heavy (non-hydrogen) atoms. The smallest absolute Gasteiger partial charge is 0.000482 e. The first-order valence-corrected chi connectivity index (χ1v) is 6.35. The number of allylic oxidation sites excluding steroid dienone is 9. The van der Waals surface area contributed by atoms with Crippen molar-refractivity contribution in [2.24, 2.45) is 11.8 Å². The SMILES string of the molecule is C=C/C1=C(C)/C(C)=C(/C)C(C)/C=C\C=C/C1C. The molecule has 0 nitrogen and oxygen atoms in total. The van der Waals surface area contributed by atoms with Crippen LogP contribution in [0.1, 0.15) is 34.6 Å². The van der Waals surface area contributed by atoms with Gasteiger partial charge in [0.05, 0.1) is 0 Å². The van der Waals surface area contributed by atoms with Crippen LogP contribution in [0.15, 0.2) is 59.3 Å². The summed E-state index contributed by atoms with van der Waals surface area (Å²) in [5.41, 5.74) is 5.55. The van der Waals surface area contributed by atoms with Crippen LogP contribution in [0.25, 0.3) is 0 Å². The molecule has 0 saturated heterocycles. The topological polar surface area (TPSA) is 0 Å². The second-order valence-electron chi connectivity index (χ2n) is 4.94. The van der Waals surface area contributed by atoms with Crippen molar-refractivity contribution in [3.05, 3.63) is 59.3 Å². The highest BCUT2D eigenvalue weighted by molar-refractivity contribution is 5.43. The monoisotopic (exact) mass is 228 g/mol. The number of hydrogen-bond acceptors (Lipinski definition) is 0. The Morgan fingerprint density at radius 3 is 2.00 bits per heavy atom. The van der Waals surface area contributed by atoms with Crippen LogP contribution in [0, 0.1) is 11.8 Å². The summed E-state index contributed by atoms with van der Waals surface area (Å²) in [6.07, 6.45) is 10.8. The van der Waals surface area contributed by atoms with Gasteiger partial charge in [-0.25, -0.2) is 0 Å². The standard InChI is InChI=1S/C17H24/c1-7-17-13(3)11-9-8-10-12(2)14(4)15(5)16(17)6/h7-13H,1H2,2-6H3/b10-8-,11-9-,15-14-,17-16-. The summed E-state index contributed by atoms with van der Waals surface area (Å²) in [7, 11) is 0. The van der Waals surface area contributed by atoms with Crippen LogP contribution in [0.2, 0.25) is 0 Å². The third-order valence-electron chi connectivity index (χ3n) is 3.89. The van der Waals surface area contributed by atoms with Gasteiger partial charge >= 0.3 is 0 Å². The zero-order chi connectivity index (χ0) is 13.0. The van der Waals surface area contributed by atoms with E-state index in [9.17, 15) is 0 Å². The lowest BCUT2D eigenvalue weighted by molar-refractivity contribution is 0.830. The average Bonchev–Trinajstić information content (AvgIpc) is 2.32. The molecule has 0 radical (unpaired) electrons. The van der Waals surface area contributed by atoms with Gasteiger partial charge in [0, 0.05) is 0 Å². The highest BCUT2D eigenvalue weighted by atomic mass is 14.2. The van der Waals surface area contributed by atoms with Crippen LogP contribution in [-0.4, -0.2) is 0 Å². The molecule has 1 aliphatic carbocycles. The Bertz CT molecular complexity index is 413. The predicted octanol–water partition coefficient (Wildman–Crippen LogP) is 5.22. The Kier molecular flexibility index (Phi) is 4.74. The molecule has 0 heteroatoms. The predicted molar refractivity (Wildman–Crippen MR) is 77.9 cm³/mol. The Labute approximate surface area is 106 Å². The van der Waals surface area contributed by atoms with Gasteiger partial charge in [-0.3, -0.25) is 0 Å². The van der Waals surface area contributed by atoms with Crippen LogP contribution in [-0.2, 0) is 0 Å². The van der Waals surface area contributed by atoms with E-state index in [2.05, 4.69) is 65.5 Å². The molecule has 0 saturated carbocycles. The molecule has 2 unspecified atom stereocenters.